The smallest absolute Gasteiger partial charge is 0.236 e. The molecule has 3 aromatic rings. The van der Waals surface area contributed by atoms with E-state index in [1.54, 1.807) is 7.11 Å². The van der Waals surface area contributed by atoms with E-state index in [0.717, 1.165) is 34.6 Å². The minimum absolute atomic E-state index is 0.166. The second-order valence-electron chi connectivity index (χ2n) is 6.94. The third-order valence-corrected chi connectivity index (χ3v) is 4.58. The molecule has 0 atom stereocenters. The predicted molar refractivity (Wildman–Crippen MR) is 111 cm³/mol. The molecular formula is C23H25N3O3. The van der Waals surface area contributed by atoms with Crippen molar-refractivity contribution in [2.45, 2.75) is 33.8 Å². The summed E-state index contributed by atoms with van der Waals surface area (Å²) in [4.78, 5) is 4.24. The van der Waals surface area contributed by atoms with Crippen molar-refractivity contribution < 1.29 is 13.9 Å². The van der Waals surface area contributed by atoms with E-state index < -0.39 is 0 Å². The SMILES string of the molecule is COc1ccc(CCNc2oc(COc3c(C)cc(C)cc3C)nc2C#N)cc1. The molecule has 0 unspecified atom stereocenters. The maximum absolute atomic E-state index is 9.34. The normalized spacial score (nSPS) is 10.4. The molecule has 0 saturated carbocycles. The molecule has 150 valence electrons. The van der Waals surface area contributed by atoms with Gasteiger partial charge in [0.1, 0.15) is 17.6 Å². The molecule has 0 radical (unpaired) electrons. The van der Waals surface area contributed by atoms with Crippen LogP contribution in [0.5, 0.6) is 11.5 Å². The molecule has 0 aliphatic rings. The summed E-state index contributed by atoms with van der Waals surface area (Å²) >= 11 is 0. The van der Waals surface area contributed by atoms with Crippen molar-refractivity contribution in [2.75, 3.05) is 19.0 Å². The molecule has 0 bridgehead atoms. The maximum Gasteiger partial charge on any atom is 0.236 e. The molecule has 6 heteroatoms. The van der Waals surface area contributed by atoms with Gasteiger partial charge in [0.25, 0.3) is 0 Å². The van der Waals surface area contributed by atoms with Gasteiger partial charge in [-0.15, -0.1) is 0 Å². The number of nitrogens with one attached hydrogen (secondary N) is 1. The Morgan fingerprint density at radius 2 is 1.79 bits per heavy atom. The number of oxazole rings is 1. The molecular weight excluding hydrogens is 366 g/mol. The van der Waals surface area contributed by atoms with Crippen LogP contribution in [0.25, 0.3) is 0 Å². The number of anilines is 1. The summed E-state index contributed by atoms with van der Waals surface area (Å²) in [5.74, 6) is 2.39. The molecule has 0 spiro atoms. The van der Waals surface area contributed by atoms with Gasteiger partial charge in [-0.05, 0) is 56.0 Å². The number of hydrogen-bond acceptors (Lipinski definition) is 6. The van der Waals surface area contributed by atoms with E-state index in [1.807, 2.05) is 38.1 Å². The van der Waals surface area contributed by atoms with Crippen LogP contribution in [0.15, 0.2) is 40.8 Å². The highest BCUT2D eigenvalue weighted by atomic mass is 16.5. The van der Waals surface area contributed by atoms with Crippen molar-refractivity contribution in [2.24, 2.45) is 0 Å². The third kappa shape index (κ3) is 5.08. The monoisotopic (exact) mass is 391 g/mol. The summed E-state index contributed by atoms with van der Waals surface area (Å²) in [5, 5.41) is 12.5. The van der Waals surface area contributed by atoms with Gasteiger partial charge < -0.3 is 19.2 Å². The van der Waals surface area contributed by atoms with Crippen LogP contribution in [0.2, 0.25) is 0 Å². The van der Waals surface area contributed by atoms with E-state index in [2.05, 4.69) is 35.4 Å². The Morgan fingerprint density at radius 1 is 1.10 bits per heavy atom. The van der Waals surface area contributed by atoms with Crippen LogP contribution < -0.4 is 14.8 Å². The number of aryl methyl sites for hydroxylation is 3. The second-order valence-corrected chi connectivity index (χ2v) is 6.94. The molecule has 0 aliphatic heterocycles. The summed E-state index contributed by atoms with van der Waals surface area (Å²) in [7, 11) is 1.65. The van der Waals surface area contributed by atoms with Crippen LogP contribution in [-0.4, -0.2) is 18.6 Å². The predicted octanol–water partition coefficient (Wildman–Crippen LogP) is 4.71. The van der Waals surface area contributed by atoms with Crippen LogP contribution in [0, 0.1) is 32.1 Å². The molecule has 0 aliphatic carbocycles. The Bertz CT molecular complexity index is 994. The van der Waals surface area contributed by atoms with Crippen LogP contribution in [0.3, 0.4) is 0 Å². The van der Waals surface area contributed by atoms with E-state index in [-0.39, 0.29) is 12.3 Å². The Labute approximate surface area is 171 Å². The lowest BCUT2D eigenvalue weighted by Gasteiger charge is -2.11. The molecule has 0 saturated heterocycles. The number of aromatic nitrogens is 1. The molecule has 1 N–H and O–H groups in total. The number of nitrogens with zero attached hydrogens (tertiary/aromatic N) is 2. The summed E-state index contributed by atoms with van der Waals surface area (Å²) in [6.07, 6.45) is 0.781. The van der Waals surface area contributed by atoms with Gasteiger partial charge in [-0.1, -0.05) is 29.8 Å². The number of hydrogen-bond donors (Lipinski definition) is 1. The van der Waals surface area contributed by atoms with Gasteiger partial charge in [0.05, 0.1) is 7.11 Å². The highest BCUT2D eigenvalue weighted by molar-refractivity contribution is 5.46. The lowest BCUT2D eigenvalue weighted by molar-refractivity contribution is 0.261. The van der Waals surface area contributed by atoms with E-state index in [0.29, 0.717) is 18.3 Å². The summed E-state index contributed by atoms with van der Waals surface area (Å²) in [6, 6.07) is 14.1. The van der Waals surface area contributed by atoms with Gasteiger partial charge in [0, 0.05) is 6.54 Å². The lowest BCUT2D eigenvalue weighted by Crippen LogP contribution is -2.05. The van der Waals surface area contributed by atoms with E-state index in [1.165, 1.54) is 5.56 Å². The van der Waals surface area contributed by atoms with Crippen LogP contribution in [-0.2, 0) is 13.0 Å². The fraction of sp³-hybridized carbons (Fsp3) is 0.304. The number of methoxy groups -OCH3 is 1. The molecule has 1 aromatic heterocycles. The Kier molecular flexibility index (Phi) is 6.40. The fourth-order valence-corrected chi connectivity index (χ4v) is 3.26. The number of ether oxygens (including phenoxy) is 2. The maximum atomic E-state index is 9.34. The zero-order valence-electron chi connectivity index (χ0n) is 17.2. The van der Waals surface area contributed by atoms with Gasteiger partial charge in [-0.2, -0.15) is 10.2 Å². The summed E-state index contributed by atoms with van der Waals surface area (Å²) in [5.41, 5.74) is 4.71. The topological polar surface area (TPSA) is 80.3 Å². The molecule has 3 rings (SSSR count). The third-order valence-electron chi connectivity index (χ3n) is 4.58. The molecule has 0 amide bonds. The molecule has 0 fully saturated rings. The fourth-order valence-electron chi connectivity index (χ4n) is 3.26. The summed E-state index contributed by atoms with van der Waals surface area (Å²) < 4.78 is 16.8. The minimum atomic E-state index is 0.166. The molecule has 6 nitrogen and oxygen atoms in total. The van der Waals surface area contributed by atoms with Crippen molar-refractivity contribution in [3.05, 3.63) is 70.2 Å². The minimum Gasteiger partial charge on any atom is -0.497 e. The number of nitriles is 1. The first-order chi connectivity index (χ1) is 14.0. The van der Waals surface area contributed by atoms with Gasteiger partial charge in [-0.3, -0.25) is 0 Å². The quantitative estimate of drug-likeness (QED) is 0.599. The van der Waals surface area contributed by atoms with Crippen molar-refractivity contribution in [1.29, 1.82) is 5.26 Å². The van der Waals surface area contributed by atoms with Crippen molar-refractivity contribution in [3.63, 3.8) is 0 Å². The first-order valence-electron chi connectivity index (χ1n) is 9.47. The van der Waals surface area contributed by atoms with Crippen molar-refractivity contribution >= 4 is 5.88 Å². The number of rotatable bonds is 8. The zero-order valence-corrected chi connectivity index (χ0v) is 17.2. The lowest BCUT2D eigenvalue weighted by atomic mass is 10.1. The Hall–Kier alpha value is -3.46. The van der Waals surface area contributed by atoms with Crippen LogP contribution in [0.4, 0.5) is 5.88 Å². The van der Waals surface area contributed by atoms with Crippen molar-refractivity contribution in [3.8, 4) is 17.6 Å². The Balaban J connectivity index is 1.61. The Morgan fingerprint density at radius 3 is 2.41 bits per heavy atom. The van der Waals surface area contributed by atoms with Gasteiger partial charge in [0.15, 0.2) is 6.61 Å². The zero-order chi connectivity index (χ0) is 20.8. The number of benzene rings is 2. The highest BCUT2D eigenvalue weighted by Crippen LogP contribution is 2.26. The van der Waals surface area contributed by atoms with E-state index >= 15 is 0 Å². The van der Waals surface area contributed by atoms with Gasteiger partial charge in [0.2, 0.25) is 17.5 Å². The highest BCUT2D eigenvalue weighted by Gasteiger charge is 2.14. The molecule has 1 heterocycles. The average molecular weight is 391 g/mol. The van der Waals surface area contributed by atoms with Gasteiger partial charge >= 0.3 is 0 Å². The van der Waals surface area contributed by atoms with Crippen LogP contribution in [0.1, 0.15) is 33.8 Å². The molecule has 29 heavy (non-hydrogen) atoms. The van der Waals surface area contributed by atoms with Gasteiger partial charge in [-0.25, -0.2) is 0 Å². The molecule has 2 aromatic carbocycles. The van der Waals surface area contributed by atoms with E-state index in [4.69, 9.17) is 13.9 Å². The van der Waals surface area contributed by atoms with Crippen molar-refractivity contribution in [1.82, 2.24) is 4.98 Å². The van der Waals surface area contributed by atoms with Crippen LogP contribution >= 0.6 is 0 Å². The largest absolute Gasteiger partial charge is 0.497 e. The average Bonchev–Trinajstić information content (AvgIpc) is 3.10. The first-order valence-corrected chi connectivity index (χ1v) is 9.47. The second kappa shape index (κ2) is 9.16. The first kappa shape index (κ1) is 20.3. The summed E-state index contributed by atoms with van der Waals surface area (Å²) in [6.45, 7) is 6.86. The van der Waals surface area contributed by atoms with E-state index in [9.17, 15) is 5.26 Å². The standard InChI is InChI=1S/C23H25N3O3/c1-15-11-16(2)22(17(3)12-15)28-14-21-26-20(13-24)23(29-21)25-10-9-18-5-7-19(27-4)8-6-18/h5-8,11-12,25H,9-10,14H2,1-4H3.